The van der Waals surface area contributed by atoms with Gasteiger partial charge in [-0.05, 0) is 19.2 Å². The average Bonchev–Trinajstić information content (AvgIpc) is 2.51. The SMILES string of the molecule is CNCC(C)C(=O)NCC(=O)N(C)CCc1ccccn1. The molecule has 2 amide bonds. The highest BCUT2D eigenvalue weighted by molar-refractivity contribution is 5.85. The van der Waals surface area contributed by atoms with Crippen molar-refractivity contribution in [3.63, 3.8) is 0 Å². The molecular weight excluding hydrogens is 268 g/mol. The highest BCUT2D eigenvalue weighted by Gasteiger charge is 2.14. The van der Waals surface area contributed by atoms with E-state index in [1.165, 1.54) is 0 Å². The van der Waals surface area contributed by atoms with E-state index in [2.05, 4.69) is 15.6 Å². The molecule has 116 valence electrons. The summed E-state index contributed by atoms with van der Waals surface area (Å²) in [6.45, 7) is 3.03. The zero-order valence-corrected chi connectivity index (χ0v) is 12.9. The molecule has 1 unspecified atom stereocenters. The standard InChI is InChI=1S/C15H24N4O2/c1-12(10-16-2)15(21)18-11-14(20)19(3)9-7-13-6-4-5-8-17-13/h4-6,8,12,16H,7,9-11H2,1-3H3,(H,18,21). The van der Waals surface area contributed by atoms with Gasteiger partial charge in [-0.25, -0.2) is 0 Å². The van der Waals surface area contributed by atoms with Crippen LogP contribution in [-0.2, 0) is 16.0 Å². The Bertz CT molecular complexity index is 450. The molecule has 1 heterocycles. The fourth-order valence-corrected chi connectivity index (χ4v) is 1.82. The van der Waals surface area contributed by atoms with Gasteiger partial charge in [0.1, 0.15) is 0 Å². The molecule has 0 aromatic carbocycles. The van der Waals surface area contributed by atoms with Crippen LogP contribution < -0.4 is 10.6 Å². The highest BCUT2D eigenvalue weighted by Crippen LogP contribution is 1.97. The number of rotatable bonds is 8. The highest BCUT2D eigenvalue weighted by atomic mass is 16.2. The van der Waals surface area contributed by atoms with Crippen LogP contribution in [0.25, 0.3) is 0 Å². The summed E-state index contributed by atoms with van der Waals surface area (Å²) in [7, 11) is 3.52. The molecule has 0 aliphatic heterocycles. The molecule has 21 heavy (non-hydrogen) atoms. The van der Waals surface area contributed by atoms with Gasteiger partial charge in [0, 0.05) is 44.4 Å². The Morgan fingerprint density at radius 3 is 2.76 bits per heavy atom. The van der Waals surface area contributed by atoms with Crippen LogP contribution in [0, 0.1) is 5.92 Å². The Hall–Kier alpha value is -1.95. The van der Waals surface area contributed by atoms with Crippen molar-refractivity contribution >= 4 is 11.8 Å². The Morgan fingerprint density at radius 2 is 2.14 bits per heavy atom. The van der Waals surface area contributed by atoms with E-state index in [4.69, 9.17) is 0 Å². The molecule has 2 N–H and O–H groups in total. The second kappa shape index (κ2) is 9.07. The van der Waals surface area contributed by atoms with Gasteiger partial charge >= 0.3 is 0 Å². The van der Waals surface area contributed by atoms with E-state index in [0.717, 1.165) is 5.69 Å². The zero-order valence-electron chi connectivity index (χ0n) is 12.9. The first-order chi connectivity index (χ1) is 10.0. The molecular formula is C15H24N4O2. The first kappa shape index (κ1) is 17.1. The molecule has 6 heteroatoms. The number of carbonyl (C=O) groups is 2. The predicted octanol–water partition coefficient (Wildman–Crippen LogP) is 0.0542. The van der Waals surface area contributed by atoms with Crippen LogP contribution in [0.1, 0.15) is 12.6 Å². The minimum atomic E-state index is -0.151. The van der Waals surface area contributed by atoms with Gasteiger partial charge in [0.25, 0.3) is 0 Å². The zero-order chi connectivity index (χ0) is 15.7. The summed E-state index contributed by atoms with van der Waals surface area (Å²) in [5.41, 5.74) is 0.948. The first-order valence-corrected chi connectivity index (χ1v) is 7.10. The Balaban J connectivity index is 2.29. The second-order valence-corrected chi connectivity index (χ2v) is 5.06. The van der Waals surface area contributed by atoms with Crippen LogP contribution in [0.5, 0.6) is 0 Å². The number of carbonyl (C=O) groups excluding carboxylic acids is 2. The van der Waals surface area contributed by atoms with E-state index in [-0.39, 0.29) is 24.3 Å². The van der Waals surface area contributed by atoms with Crippen molar-refractivity contribution in [1.82, 2.24) is 20.5 Å². The number of nitrogens with zero attached hydrogens (tertiary/aromatic N) is 2. The average molecular weight is 292 g/mol. The Kier molecular flexibility index (Phi) is 7.39. The summed E-state index contributed by atoms with van der Waals surface area (Å²) in [6.07, 6.45) is 2.44. The quantitative estimate of drug-likeness (QED) is 0.710. The molecule has 6 nitrogen and oxygen atoms in total. The summed E-state index contributed by atoms with van der Waals surface area (Å²) in [5, 5.41) is 5.59. The minimum Gasteiger partial charge on any atom is -0.347 e. The number of nitrogens with one attached hydrogen (secondary N) is 2. The van der Waals surface area contributed by atoms with E-state index >= 15 is 0 Å². The maximum Gasteiger partial charge on any atom is 0.241 e. The number of aromatic nitrogens is 1. The van der Waals surface area contributed by atoms with Gasteiger partial charge in [0.15, 0.2) is 0 Å². The number of hydrogen-bond donors (Lipinski definition) is 2. The van der Waals surface area contributed by atoms with Crippen molar-refractivity contribution < 1.29 is 9.59 Å². The van der Waals surface area contributed by atoms with Gasteiger partial charge in [0.2, 0.25) is 11.8 Å². The lowest BCUT2D eigenvalue weighted by molar-refractivity contribution is -0.132. The lowest BCUT2D eigenvalue weighted by Crippen LogP contribution is -2.42. The molecule has 1 rings (SSSR count). The van der Waals surface area contributed by atoms with Gasteiger partial charge in [-0.3, -0.25) is 14.6 Å². The number of amides is 2. The smallest absolute Gasteiger partial charge is 0.241 e. The van der Waals surface area contributed by atoms with E-state index in [0.29, 0.717) is 19.5 Å². The normalized spacial score (nSPS) is 11.8. The molecule has 1 aromatic rings. The molecule has 0 fully saturated rings. The number of hydrogen-bond acceptors (Lipinski definition) is 4. The summed E-state index contributed by atoms with van der Waals surface area (Å²) >= 11 is 0. The minimum absolute atomic E-state index is 0.0333. The van der Waals surface area contributed by atoms with Gasteiger partial charge in [0.05, 0.1) is 6.54 Å². The van der Waals surface area contributed by atoms with Crippen LogP contribution in [0.15, 0.2) is 24.4 Å². The van der Waals surface area contributed by atoms with Gasteiger partial charge < -0.3 is 15.5 Å². The van der Waals surface area contributed by atoms with Crippen molar-refractivity contribution in [1.29, 1.82) is 0 Å². The van der Waals surface area contributed by atoms with Crippen LogP contribution in [0.3, 0.4) is 0 Å². The molecule has 0 saturated carbocycles. The maximum atomic E-state index is 11.9. The summed E-state index contributed by atoms with van der Waals surface area (Å²) in [5.74, 6) is -0.367. The van der Waals surface area contributed by atoms with E-state index < -0.39 is 0 Å². The van der Waals surface area contributed by atoms with Crippen molar-refractivity contribution in [2.75, 3.05) is 33.7 Å². The number of pyridine rings is 1. The first-order valence-electron chi connectivity index (χ1n) is 7.10. The molecule has 0 aliphatic rings. The lowest BCUT2D eigenvalue weighted by atomic mass is 10.1. The summed E-state index contributed by atoms with van der Waals surface area (Å²) in [4.78, 5) is 29.5. The van der Waals surface area contributed by atoms with Crippen molar-refractivity contribution in [2.24, 2.45) is 5.92 Å². The van der Waals surface area contributed by atoms with E-state index in [1.54, 1.807) is 25.2 Å². The third-order valence-corrected chi connectivity index (χ3v) is 3.23. The Labute approximate surface area is 125 Å². The predicted molar refractivity (Wildman–Crippen MR) is 81.7 cm³/mol. The lowest BCUT2D eigenvalue weighted by Gasteiger charge is -2.18. The summed E-state index contributed by atoms with van der Waals surface area (Å²) < 4.78 is 0. The fraction of sp³-hybridized carbons (Fsp3) is 0.533. The molecule has 0 radical (unpaired) electrons. The van der Waals surface area contributed by atoms with Crippen molar-refractivity contribution in [3.8, 4) is 0 Å². The third-order valence-electron chi connectivity index (χ3n) is 3.23. The molecule has 1 aromatic heterocycles. The van der Waals surface area contributed by atoms with Gasteiger partial charge in [-0.2, -0.15) is 0 Å². The van der Waals surface area contributed by atoms with Gasteiger partial charge in [-0.15, -0.1) is 0 Å². The third kappa shape index (κ3) is 6.35. The largest absolute Gasteiger partial charge is 0.347 e. The van der Waals surface area contributed by atoms with Crippen molar-refractivity contribution in [2.45, 2.75) is 13.3 Å². The second-order valence-electron chi connectivity index (χ2n) is 5.06. The summed E-state index contributed by atoms with van der Waals surface area (Å²) in [6, 6.07) is 5.72. The van der Waals surface area contributed by atoms with Crippen LogP contribution in [0.2, 0.25) is 0 Å². The molecule has 1 atom stereocenters. The Morgan fingerprint density at radius 1 is 1.38 bits per heavy atom. The molecule has 0 bridgehead atoms. The van der Waals surface area contributed by atoms with E-state index in [1.807, 2.05) is 25.1 Å². The number of likely N-dealkylation sites (N-methyl/N-ethyl adjacent to an activating group) is 1. The van der Waals surface area contributed by atoms with Crippen LogP contribution in [0.4, 0.5) is 0 Å². The van der Waals surface area contributed by atoms with Crippen LogP contribution in [-0.4, -0.2) is 55.4 Å². The van der Waals surface area contributed by atoms with Crippen molar-refractivity contribution in [3.05, 3.63) is 30.1 Å². The van der Waals surface area contributed by atoms with Crippen LogP contribution >= 0.6 is 0 Å². The molecule has 0 aliphatic carbocycles. The maximum absolute atomic E-state index is 11.9. The molecule has 0 saturated heterocycles. The monoisotopic (exact) mass is 292 g/mol. The molecule has 0 spiro atoms. The van der Waals surface area contributed by atoms with Gasteiger partial charge in [-0.1, -0.05) is 13.0 Å². The fourth-order valence-electron chi connectivity index (χ4n) is 1.82. The van der Waals surface area contributed by atoms with E-state index in [9.17, 15) is 9.59 Å². The topological polar surface area (TPSA) is 74.3 Å².